The lowest BCUT2D eigenvalue weighted by molar-refractivity contribution is -0.274. The summed E-state index contributed by atoms with van der Waals surface area (Å²) in [6.45, 7) is 0. The highest BCUT2D eigenvalue weighted by atomic mass is 19.4. The second-order valence-corrected chi connectivity index (χ2v) is 5.96. The fourth-order valence-electron chi connectivity index (χ4n) is 2.68. The molecule has 0 unspecified atom stereocenters. The molecular formula is C21H14F3NO4. The number of hydrogen-bond acceptors (Lipinski definition) is 3. The van der Waals surface area contributed by atoms with Crippen LogP contribution in [-0.4, -0.2) is 23.3 Å². The van der Waals surface area contributed by atoms with Gasteiger partial charge in [-0.15, -0.1) is 13.2 Å². The predicted octanol–water partition coefficient (Wildman–Crippen LogP) is 5.20. The van der Waals surface area contributed by atoms with Gasteiger partial charge in [-0.05, 0) is 47.5 Å². The maximum atomic E-state index is 12.4. The molecule has 0 saturated carbocycles. The molecule has 0 aliphatic carbocycles. The Balaban J connectivity index is 1.77. The number of ether oxygens (including phenoxy) is 1. The molecule has 3 aromatic rings. The summed E-state index contributed by atoms with van der Waals surface area (Å²) < 4.78 is 41.0. The second-order valence-electron chi connectivity index (χ2n) is 5.96. The average molecular weight is 401 g/mol. The van der Waals surface area contributed by atoms with Crippen molar-refractivity contribution in [3.05, 3.63) is 83.9 Å². The van der Waals surface area contributed by atoms with Gasteiger partial charge in [-0.2, -0.15) is 0 Å². The van der Waals surface area contributed by atoms with Gasteiger partial charge in [0.05, 0.1) is 11.1 Å². The maximum Gasteiger partial charge on any atom is 0.573 e. The van der Waals surface area contributed by atoms with Crippen LogP contribution in [0.2, 0.25) is 0 Å². The molecule has 29 heavy (non-hydrogen) atoms. The summed E-state index contributed by atoms with van der Waals surface area (Å²) >= 11 is 0. The van der Waals surface area contributed by atoms with Crippen LogP contribution in [0.15, 0.2) is 72.8 Å². The largest absolute Gasteiger partial charge is 0.573 e. The number of rotatable bonds is 5. The van der Waals surface area contributed by atoms with Crippen LogP contribution in [0.3, 0.4) is 0 Å². The standard InChI is InChI=1S/C21H14F3NO4/c22-21(23,24)29-16-5-3-4-14(12-16)13-8-10-15(11-9-13)25-19(26)17-6-1-2-7-18(17)20(27)28/h1-12H,(H,25,26)(H,27,28). The van der Waals surface area contributed by atoms with Crippen molar-refractivity contribution in [2.75, 3.05) is 5.32 Å². The van der Waals surface area contributed by atoms with E-state index in [9.17, 15) is 27.9 Å². The minimum atomic E-state index is -4.78. The molecule has 2 N–H and O–H groups in total. The first-order valence-corrected chi connectivity index (χ1v) is 8.33. The average Bonchev–Trinajstić information content (AvgIpc) is 2.67. The molecule has 0 aliphatic rings. The Bertz CT molecular complexity index is 1050. The highest BCUT2D eigenvalue weighted by Gasteiger charge is 2.31. The number of carbonyl (C=O) groups is 2. The van der Waals surface area contributed by atoms with E-state index in [-0.39, 0.29) is 16.9 Å². The quantitative estimate of drug-likeness (QED) is 0.616. The first kappa shape index (κ1) is 19.9. The lowest BCUT2D eigenvalue weighted by atomic mass is 10.0. The fourth-order valence-corrected chi connectivity index (χ4v) is 2.68. The van der Waals surface area contributed by atoms with Crippen LogP contribution in [-0.2, 0) is 0 Å². The first-order valence-electron chi connectivity index (χ1n) is 8.33. The zero-order valence-corrected chi connectivity index (χ0v) is 14.7. The Morgan fingerprint density at radius 1 is 0.828 bits per heavy atom. The van der Waals surface area contributed by atoms with Gasteiger partial charge in [0, 0.05) is 5.69 Å². The summed E-state index contributed by atoms with van der Waals surface area (Å²) in [4.78, 5) is 23.6. The van der Waals surface area contributed by atoms with Crippen molar-refractivity contribution in [2.45, 2.75) is 6.36 Å². The van der Waals surface area contributed by atoms with Crippen LogP contribution in [0.1, 0.15) is 20.7 Å². The van der Waals surface area contributed by atoms with E-state index in [4.69, 9.17) is 0 Å². The van der Waals surface area contributed by atoms with Crippen molar-refractivity contribution < 1.29 is 32.6 Å². The number of alkyl halides is 3. The van der Waals surface area contributed by atoms with E-state index >= 15 is 0 Å². The fraction of sp³-hybridized carbons (Fsp3) is 0.0476. The smallest absolute Gasteiger partial charge is 0.478 e. The number of benzene rings is 3. The van der Waals surface area contributed by atoms with Crippen LogP contribution in [0.4, 0.5) is 18.9 Å². The highest BCUT2D eigenvalue weighted by Crippen LogP contribution is 2.28. The minimum absolute atomic E-state index is 0.0149. The third-order valence-corrected chi connectivity index (χ3v) is 3.95. The van der Waals surface area contributed by atoms with Gasteiger partial charge in [0.1, 0.15) is 5.75 Å². The summed E-state index contributed by atoms with van der Waals surface area (Å²) in [5.41, 5.74) is 1.41. The third-order valence-electron chi connectivity index (χ3n) is 3.95. The molecule has 0 atom stereocenters. The molecular weight excluding hydrogens is 387 g/mol. The van der Waals surface area contributed by atoms with Crippen LogP contribution in [0.5, 0.6) is 5.75 Å². The molecule has 0 fully saturated rings. The van der Waals surface area contributed by atoms with Gasteiger partial charge >= 0.3 is 12.3 Å². The van der Waals surface area contributed by atoms with Gasteiger partial charge in [0.15, 0.2) is 0 Å². The molecule has 0 spiro atoms. The molecule has 0 bridgehead atoms. The molecule has 148 valence electrons. The summed E-state index contributed by atoms with van der Waals surface area (Å²) in [5.74, 6) is -2.14. The molecule has 0 saturated heterocycles. The predicted molar refractivity (Wildman–Crippen MR) is 99.9 cm³/mol. The van der Waals surface area contributed by atoms with Crippen LogP contribution in [0, 0.1) is 0 Å². The van der Waals surface area contributed by atoms with E-state index in [1.54, 1.807) is 36.4 Å². The van der Waals surface area contributed by atoms with Gasteiger partial charge in [-0.25, -0.2) is 4.79 Å². The zero-order valence-electron chi connectivity index (χ0n) is 14.7. The number of amides is 1. The number of carboxylic acid groups (broad SMARTS) is 1. The van der Waals surface area contributed by atoms with E-state index in [0.29, 0.717) is 16.8 Å². The third kappa shape index (κ3) is 5.13. The summed E-state index contributed by atoms with van der Waals surface area (Å²) in [5, 5.41) is 11.8. The van der Waals surface area contributed by atoms with Gasteiger partial charge in [0.25, 0.3) is 5.91 Å². The lowest BCUT2D eigenvalue weighted by Crippen LogP contribution is -2.17. The number of anilines is 1. The van der Waals surface area contributed by atoms with Crippen LogP contribution in [0.25, 0.3) is 11.1 Å². The van der Waals surface area contributed by atoms with E-state index < -0.39 is 18.2 Å². The van der Waals surface area contributed by atoms with Crippen molar-refractivity contribution in [1.82, 2.24) is 0 Å². The van der Waals surface area contributed by atoms with Gasteiger partial charge in [0.2, 0.25) is 0 Å². The Morgan fingerprint density at radius 2 is 1.48 bits per heavy atom. The number of nitrogens with one attached hydrogen (secondary N) is 1. The summed E-state index contributed by atoms with van der Waals surface area (Å²) in [7, 11) is 0. The lowest BCUT2D eigenvalue weighted by Gasteiger charge is -2.11. The Hall–Kier alpha value is -3.81. The molecule has 0 heterocycles. The van der Waals surface area contributed by atoms with E-state index in [2.05, 4.69) is 10.1 Å². The maximum absolute atomic E-state index is 12.4. The van der Waals surface area contributed by atoms with Crippen molar-refractivity contribution in [2.24, 2.45) is 0 Å². The van der Waals surface area contributed by atoms with Crippen LogP contribution < -0.4 is 10.1 Å². The molecule has 3 rings (SSSR count). The normalized spacial score (nSPS) is 11.0. The highest BCUT2D eigenvalue weighted by molar-refractivity contribution is 6.10. The van der Waals surface area contributed by atoms with Gasteiger partial charge in [-0.3, -0.25) is 4.79 Å². The molecule has 5 nitrogen and oxygen atoms in total. The Kier molecular flexibility index (Phi) is 5.54. The van der Waals surface area contributed by atoms with Crippen molar-refractivity contribution in [3.8, 4) is 16.9 Å². The second kappa shape index (κ2) is 8.05. The number of hydrogen-bond donors (Lipinski definition) is 2. The molecule has 0 aliphatic heterocycles. The number of aromatic carboxylic acids is 1. The first-order chi connectivity index (χ1) is 13.7. The van der Waals surface area contributed by atoms with Crippen LogP contribution >= 0.6 is 0 Å². The molecule has 0 aromatic heterocycles. The van der Waals surface area contributed by atoms with Crippen molar-refractivity contribution >= 4 is 17.6 Å². The van der Waals surface area contributed by atoms with E-state index in [1.165, 1.54) is 36.4 Å². The summed E-state index contributed by atoms with van der Waals surface area (Å²) in [6.07, 6.45) is -4.78. The van der Waals surface area contributed by atoms with E-state index in [0.717, 1.165) is 0 Å². The van der Waals surface area contributed by atoms with Gasteiger partial charge < -0.3 is 15.2 Å². The molecule has 3 aromatic carbocycles. The molecule has 0 radical (unpaired) electrons. The SMILES string of the molecule is O=C(O)c1ccccc1C(=O)Nc1ccc(-c2cccc(OC(F)(F)F)c2)cc1. The summed E-state index contributed by atoms with van der Waals surface area (Å²) in [6, 6.07) is 17.7. The number of halogens is 3. The Labute approximate surface area is 163 Å². The van der Waals surface area contributed by atoms with E-state index in [1.807, 2.05) is 0 Å². The molecule has 8 heteroatoms. The number of carboxylic acids is 1. The minimum Gasteiger partial charge on any atom is -0.478 e. The van der Waals surface area contributed by atoms with Crippen molar-refractivity contribution in [3.63, 3.8) is 0 Å². The zero-order chi connectivity index (χ0) is 21.0. The number of carbonyl (C=O) groups excluding carboxylic acids is 1. The van der Waals surface area contributed by atoms with Crippen molar-refractivity contribution in [1.29, 1.82) is 0 Å². The topological polar surface area (TPSA) is 75.6 Å². The monoisotopic (exact) mass is 401 g/mol. The Morgan fingerprint density at radius 3 is 2.10 bits per heavy atom. The van der Waals surface area contributed by atoms with Gasteiger partial charge in [-0.1, -0.05) is 36.4 Å². The molecule has 1 amide bonds.